The van der Waals surface area contributed by atoms with Crippen LogP contribution in [0.15, 0.2) is 0 Å². The quantitative estimate of drug-likeness (QED) is 0.553. The molecule has 0 bridgehead atoms. The van der Waals surface area contributed by atoms with Crippen LogP contribution in [0.25, 0.3) is 0 Å². The van der Waals surface area contributed by atoms with E-state index in [1.807, 2.05) is 6.92 Å². The molecular weight excluding hydrogens is 216 g/mol. The number of hydrogen-bond acceptors (Lipinski definition) is 3. The van der Waals surface area contributed by atoms with E-state index in [0.717, 1.165) is 12.8 Å². The molecule has 1 aliphatic heterocycles. The Kier molecular flexibility index (Phi) is 4.87. The molecule has 1 aliphatic rings. The maximum Gasteiger partial charge on any atom is 0.303 e. The van der Waals surface area contributed by atoms with E-state index in [1.54, 1.807) is 0 Å². The fourth-order valence-electron chi connectivity index (χ4n) is 2.26. The van der Waals surface area contributed by atoms with Crippen molar-refractivity contribution < 1.29 is 14.3 Å². The van der Waals surface area contributed by atoms with Crippen LogP contribution in [0.3, 0.4) is 0 Å². The van der Waals surface area contributed by atoms with Crippen molar-refractivity contribution in [2.24, 2.45) is 5.92 Å². The van der Waals surface area contributed by atoms with Crippen LogP contribution < -0.4 is 0 Å². The van der Waals surface area contributed by atoms with Gasteiger partial charge in [-0.1, -0.05) is 6.92 Å². The number of carbonyl (C=O) groups is 1. The number of hydrogen-bond donors (Lipinski definition) is 0. The van der Waals surface area contributed by atoms with Gasteiger partial charge in [-0.15, -0.1) is 11.6 Å². The van der Waals surface area contributed by atoms with Gasteiger partial charge in [0, 0.05) is 18.7 Å². The number of carbonyl (C=O) groups excluding carboxylic acids is 1. The monoisotopic (exact) mass is 234 g/mol. The fourth-order valence-corrected chi connectivity index (χ4v) is 2.52. The molecule has 0 amide bonds. The highest BCUT2D eigenvalue weighted by Crippen LogP contribution is 2.33. The van der Waals surface area contributed by atoms with Gasteiger partial charge in [0.2, 0.25) is 0 Å². The average molecular weight is 235 g/mol. The first-order chi connectivity index (χ1) is 7.10. The summed E-state index contributed by atoms with van der Waals surface area (Å²) in [6.45, 7) is 5.46. The molecule has 1 unspecified atom stereocenters. The van der Waals surface area contributed by atoms with Crippen LogP contribution in [0.5, 0.6) is 0 Å². The van der Waals surface area contributed by atoms with Crippen molar-refractivity contribution in [3.63, 3.8) is 0 Å². The largest absolute Gasteiger partial charge is 0.459 e. The molecule has 88 valence electrons. The van der Waals surface area contributed by atoms with Crippen LogP contribution in [0.4, 0.5) is 0 Å². The van der Waals surface area contributed by atoms with Crippen LogP contribution >= 0.6 is 11.6 Å². The predicted molar refractivity (Wildman–Crippen MR) is 59.0 cm³/mol. The minimum Gasteiger partial charge on any atom is -0.459 e. The number of ether oxygens (including phenoxy) is 2. The molecule has 0 aromatic rings. The second-order valence-electron chi connectivity index (χ2n) is 4.00. The van der Waals surface area contributed by atoms with Crippen molar-refractivity contribution in [3.8, 4) is 0 Å². The summed E-state index contributed by atoms with van der Waals surface area (Å²) in [5, 5.41) is 0. The van der Waals surface area contributed by atoms with Crippen molar-refractivity contribution in [1.29, 1.82) is 0 Å². The zero-order valence-corrected chi connectivity index (χ0v) is 10.3. The molecule has 0 N–H and O–H groups in total. The molecule has 0 aromatic heterocycles. The molecule has 4 heteroatoms. The van der Waals surface area contributed by atoms with Gasteiger partial charge in [-0.2, -0.15) is 0 Å². The highest BCUT2D eigenvalue weighted by atomic mass is 35.5. The molecule has 4 atom stereocenters. The molecule has 0 spiro atoms. The lowest BCUT2D eigenvalue weighted by Gasteiger charge is -2.21. The van der Waals surface area contributed by atoms with E-state index in [2.05, 4.69) is 6.92 Å². The molecule has 15 heavy (non-hydrogen) atoms. The maximum absolute atomic E-state index is 11.0. The van der Waals surface area contributed by atoms with Crippen LogP contribution in [-0.4, -0.2) is 30.2 Å². The molecule has 1 rings (SSSR count). The lowest BCUT2D eigenvalue weighted by Crippen LogP contribution is -2.31. The number of rotatable bonds is 4. The van der Waals surface area contributed by atoms with Crippen molar-refractivity contribution in [2.75, 3.05) is 5.88 Å². The van der Waals surface area contributed by atoms with Crippen molar-refractivity contribution in [2.45, 2.75) is 51.9 Å². The van der Waals surface area contributed by atoms with Crippen molar-refractivity contribution >= 4 is 17.6 Å². The summed E-state index contributed by atoms with van der Waals surface area (Å²) in [7, 11) is 0. The van der Waals surface area contributed by atoms with Crippen LogP contribution in [0.1, 0.15) is 33.6 Å². The number of esters is 1. The molecule has 0 aliphatic carbocycles. The van der Waals surface area contributed by atoms with Crippen molar-refractivity contribution in [3.05, 3.63) is 0 Å². The highest BCUT2D eigenvalue weighted by molar-refractivity contribution is 6.17. The van der Waals surface area contributed by atoms with E-state index >= 15 is 0 Å². The van der Waals surface area contributed by atoms with Gasteiger partial charge in [0.05, 0.1) is 12.2 Å². The van der Waals surface area contributed by atoms with Gasteiger partial charge in [0.25, 0.3) is 0 Å². The first kappa shape index (κ1) is 12.8. The summed E-state index contributed by atoms with van der Waals surface area (Å²) in [5.41, 5.74) is 0. The molecule has 1 heterocycles. The normalized spacial score (nSPS) is 35.5. The lowest BCUT2D eigenvalue weighted by atomic mass is 9.92. The second-order valence-corrected chi connectivity index (χ2v) is 4.38. The minimum absolute atomic E-state index is 0.0212. The summed E-state index contributed by atoms with van der Waals surface area (Å²) in [6.07, 6.45) is 1.79. The number of halogens is 1. The van der Waals surface area contributed by atoms with Crippen LogP contribution in [0, 0.1) is 5.92 Å². The van der Waals surface area contributed by atoms with Crippen LogP contribution in [-0.2, 0) is 14.3 Å². The van der Waals surface area contributed by atoms with Gasteiger partial charge >= 0.3 is 5.97 Å². The van der Waals surface area contributed by atoms with Crippen LogP contribution in [0.2, 0.25) is 0 Å². The van der Waals surface area contributed by atoms with E-state index in [9.17, 15) is 4.79 Å². The van der Waals surface area contributed by atoms with Crippen molar-refractivity contribution in [1.82, 2.24) is 0 Å². The smallest absolute Gasteiger partial charge is 0.303 e. The first-order valence-electron chi connectivity index (χ1n) is 5.48. The maximum atomic E-state index is 11.0. The molecule has 3 nitrogen and oxygen atoms in total. The van der Waals surface area contributed by atoms with Gasteiger partial charge in [-0.3, -0.25) is 4.79 Å². The van der Waals surface area contributed by atoms with E-state index in [-0.39, 0.29) is 30.2 Å². The predicted octanol–water partition coefficient (Wildman–Crippen LogP) is 2.36. The Morgan fingerprint density at radius 3 is 2.67 bits per heavy atom. The Bertz CT molecular complexity index is 220. The van der Waals surface area contributed by atoms with Gasteiger partial charge < -0.3 is 9.47 Å². The molecule has 1 saturated heterocycles. The zero-order valence-electron chi connectivity index (χ0n) is 9.53. The summed E-state index contributed by atoms with van der Waals surface area (Å²) >= 11 is 5.76. The average Bonchev–Trinajstić information content (AvgIpc) is 2.45. The van der Waals surface area contributed by atoms with E-state index in [1.165, 1.54) is 6.92 Å². The summed E-state index contributed by atoms with van der Waals surface area (Å²) in [4.78, 5) is 11.0. The lowest BCUT2D eigenvalue weighted by molar-refractivity contribution is -0.150. The summed E-state index contributed by atoms with van der Waals surface area (Å²) in [5.74, 6) is 0.577. The Morgan fingerprint density at radius 2 is 2.20 bits per heavy atom. The topological polar surface area (TPSA) is 35.5 Å². The van der Waals surface area contributed by atoms with E-state index in [4.69, 9.17) is 21.1 Å². The molecule has 0 aromatic carbocycles. The third kappa shape index (κ3) is 3.08. The number of alkyl halides is 1. The fraction of sp³-hybridized carbons (Fsp3) is 0.909. The Morgan fingerprint density at radius 1 is 1.53 bits per heavy atom. The van der Waals surface area contributed by atoms with Gasteiger partial charge in [0.1, 0.15) is 6.10 Å². The van der Waals surface area contributed by atoms with Gasteiger partial charge in [0.15, 0.2) is 0 Å². The Labute approximate surface area is 96.1 Å². The molecule has 1 fully saturated rings. The standard InChI is InChI=1S/C11H19ClO3/c1-4-10-9(5-6-12)11(7(2)14-10)15-8(3)13/h7,9-11H,4-6H2,1-3H3/t7-,9?,10+,11+/m0/s1. The molecule has 0 saturated carbocycles. The van der Waals surface area contributed by atoms with Gasteiger partial charge in [-0.05, 0) is 19.8 Å². The highest BCUT2D eigenvalue weighted by Gasteiger charge is 2.42. The third-order valence-corrected chi connectivity index (χ3v) is 3.12. The SMILES string of the molecule is CC[C@H]1O[C@@H](C)[C@@H](OC(C)=O)C1CCCl. The van der Waals surface area contributed by atoms with Gasteiger partial charge in [-0.25, -0.2) is 0 Å². The minimum atomic E-state index is -0.244. The third-order valence-electron chi connectivity index (χ3n) is 2.90. The molecule has 0 radical (unpaired) electrons. The Hall–Kier alpha value is -0.280. The second kappa shape index (κ2) is 5.71. The molecular formula is C11H19ClO3. The van der Waals surface area contributed by atoms with E-state index < -0.39 is 0 Å². The zero-order chi connectivity index (χ0) is 11.4. The summed E-state index contributed by atoms with van der Waals surface area (Å²) in [6, 6.07) is 0. The summed E-state index contributed by atoms with van der Waals surface area (Å²) < 4.78 is 11.1. The first-order valence-corrected chi connectivity index (χ1v) is 6.02. The van der Waals surface area contributed by atoms with E-state index in [0.29, 0.717) is 5.88 Å². The Balaban J connectivity index is 2.67.